The summed E-state index contributed by atoms with van der Waals surface area (Å²) in [7, 11) is 6.42. The number of ether oxygens (including phenoxy) is 6. The molecule has 10 rings (SSSR count). The molecule has 4 aliphatic rings. The van der Waals surface area contributed by atoms with Gasteiger partial charge in [-0.3, -0.25) is 9.59 Å². The van der Waals surface area contributed by atoms with Crippen molar-refractivity contribution in [1.82, 2.24) is 0 Å². The number of carbonyl (C=O) groups is 2. The fraction of sp³-hybridized carbons (Fsp3) is 0.406. The van der Waals surface area contributed by atoms with Crippen molar-refractivity contribution in [1.29, 1.82) is 0 Å². The van der Waals surface area contributed by atoms with Gasteiger partial charge in [0.25, 0.3) is 0 Å². The van der Waals surface area contributed by atoms with Crippen molar-refractivity contribution in [3.63, 3.8) is 0 Å². The fourth-order valence-corrected chi connectivity index (χ4v) is 11.1. The van der Waals surface area contributed by atoms with E-state index in [4.69, 9.17) is 28.4 Å². The third-order valence-electron chi connectivity index (χ3n) is 16.3. The van der Waals surface area contributed by atoms with Crippen LogP contribution in [0.1, 0.15) is 135 Å². The van der Waals surface area contributed by atoms with E-state index in [0.29, 0.717) is 44.9 Å². The number of halogens is 4. The average Bonchev–Trinajstić information content (AvgIpc) is 4.21. The highest BCUT2D eigenvalue weighted by atomic mass is 19.1. The second-order valence-electron chi connectivity index (χ2n) is 22.1. The van der Waals surface area contributed by atoms with Crippen molar-refractivity contribution in [3.8, 4) is 45.3 Å². The molecular formula is C64H68F4O10. The van der Waals surface area contributed by atoms with Gasteiger partial charge in [0.15, 0.2) is 23.1 Å². The van der Waals surface area contributed by atoms with Crippen LogP contribution in [0.15, 0.2) is 109 Å². The molecule has 14 heteroatoms. The van der Waals surface area contributed by atoms with Gasteiger partial charge < -0.3 is 38.6 Å². The molecule has 0 unspecified atom stereocenters. The summed E-state index contributed by atoms with van der Waals surface area (Å²) in [5.74, 6) is -2.67. The minimum atomic E-state index is -0.935. The molecule has 0 heterocycles. The van der Waals surface area contributed by atoms with Gasteiger partial charge in [0.2, 0.25) is 0 Å². The molecule has 2 N–H and O–H groups in total. The van der Waals surface area contributed by atoms with Crippen molar-refractivity contribution >= 4 is 11.9 Å². The molecule has 4 fully saturated rings. The molecule has 412 valence electrons. The summed E-state index contributed by atoms with van der Waals surface area (Å²) in [6.45, 7) is 4.50. The molecular weight excluding hydrogens is 1000 g/mol. The smallest absolute Gasteiger partial charge is 0.303 e. The van der Waals surface area contributed by atoms with Crippen LogP contribution < -0.4 is 18.9 Å². The van der Waals surface area contributed by atoms with E-state index in [2.05, 4.69) is 13.8 Å². The van der Waals surface area contributed by atoms with Gasteiger partial charge in [0.1, 0.15) is 36.3 Å². The van der Waals surface area contributed by atoms with Crippen LogP contribution in [0.3, 0.4) is 0 Å². The zero-order chi connectivity index (χ0) is 55.5. The van der Waals surface area contributed by atoms with E-state index < -0.39 is 23.6 Å². The summed E-state index contributed by atoms with van der Waals surface area (Å²) < 4.78 is 95.5. The normalized spacial score (nSPS) is 17.4. The van der Waals surface area contributed by atoms with Gasteiger partial charge in [-0.1, -0.05) is 62.4 Å². The second-order valence-corrected chi connectivity index (χ2v) is 22.1. The number of carboxylic acid groups (broad SMARTS) is 2. The summed E-state index contributed by atoms with van der Waals surface area (Å²) in [6, 6.07) is 30.5. The average molecular weight is 1070 g/mol. The molecule has 4 saturated carbocycles. The first kappa shape index (κ1) is 55.8. The number of rotatable bonds is 24. The Labute approximate surface area is 453 Å². The maximum absolute atomic E-state index is 15.5. The number of hydrogen-bond donors (Lipinski definition) is 2. The maximum atomic E-state index is 15.5. The lowest BCUT2D eigenvalue weighted by molar-refractivity contribution is -0.138. The molecule has 6 aromatic carbocycles. The van der Waals surface area contributed by atoms with Gasteiger partial charge in [-0.25, -0.2) is 17.6 Å². The summed E-state index contributed by atoms with van der Waals surface area (Å²) in [4.78, 5) is 22.8. The molecule has 0 aliphatic heterocycles. The van der Waals surface area contributed by atoms with Crippen LogP contribution in [0.2, 0.25) is 0 Å². The van der Waals surface area contributed by atoms with Crippen LogP contribution in [-0.2, 0) is 32.3 Å². The Kier molecular flexibility index (Phi) is 16.9. The van der Waals surface area contributed by atoms with Crippen LogP contribution in [-0.4, -0.2) is 50.6 Å². The molecule has 0 radical (unpaired) electrons. The zero-order valence-electron chi connectivity index (χ0n) is 45.0. The molecule has 0 bridgehead atoms. The standard InChI is InChI=1S/2C32H34F2O5/c2*1-32(13-14-32)31(38-3)26-15-19(7-11-22(26)25-16-21(37-2)10-12-27(25)33)18-39-28-6-4-5-23(30(28)34)24(17-29(35)36)20-8-9-20/h2*4-7,10-12,15-16,20,24,31H,8-9,13-14,17-18H2,1-3H3,(H,35,36)/t24-,31+;24-,31-/m11/s1. The van der Waals surface area contributed by atoms with Crippen LogP contribution in [0.5, 0.6) is 23.0 Å². The van der Waals surface area contributed by atoms with Gasteiger partial charge in [0, 0.05) is 37.2 Å². The zero-order valence-corrected chi connectivity index (χ0v) is 45.0. The van der Waals surface area contributed by atoms with Gasteiger partial charge in [-0.15, -0.1) is 0 Å². The van der Waals surface area contributed by atoms with E-state index in [1.165, 1.54) is 12.1 Å². The minimum Gasteiger partial charge on any atom is -0.497 e. The number of carboxylic acids is 2. The van der Waals surface area contributed by atoms with Crippen LogP contribution >= 0.6 is 0 Å². The Morgan fingerprint density at radius 1 is 0.513 bits per heavy atom. The Bertz CT molecular complexity index is 2930. The molecule has 0 spiro atoms. The SMILES string of the molecule is COc1ccc(F)c(-c2ccc(COc3cccc([C@H](CC(=O)O)C4CC4)c3F)cc2[C@@H](OC)C2(C)CC2)c1.COc1ccc(F)c(-c2ccc(COc3cccc([C@H](CC(=O)O)C4CC4)c3F)cc2[C@H](OC)C2(C)CC2)c1. The first-order valence-corrected chi connectivity index (χ1v) is 26.7. The van der Waals surface area contributed by atoms with Gasteiger partial charge >= 0.3 is 11.9 Å². The number of methoxy groups -OCH3 is 4. The lowest BCUT2D eigenvalue weighted by Crippen LogP contribution is -2.15. The Morgan fingerprint density at radius 2 is 0.897 bits per heavy atom. The molecule has 78 heavy (non-hydrogen) atoms. The lowest BCUT2D eigenvalue weighted by Gasteiger charge is -2.26. The highest BCUT2D eigenvalue weighted by Crippen LogP contribution is 2.59. The summed E-state index contributed by atoms with van der Waals surface area (Å²) in [5.41, 5.74) is 6.21. The van der Waals surface area contributed by atoms with E-state index in [0.717, 1.165) is 73.6 Å². The number of benzene rings is 6. The monoisotopic (exact) mass is 1070 g/mol. The van der Waals surface area contributed by atoms with Crippen molar-refractivity contribution < 1.29 is 65.8 Å². The molecule has 4 atom stereocenters. The second kappa shape index (κ2) is 23.6. The lowest BCUT2D eigenvalue weighted by atomic mass is 9.87. The molecule has 0 aromatic heterocycles. The third kappa shape index (κ3) is 12.7. The molecule has 0 saturated heterocycles. The van der Waals surface area contributed by atoms with Crippen molar-refractivity contribution in [2.24, 2.45) is 22.7 Å². The highest BCUT2D eigenvalue weighted by molar-refractivity contribution is 5.72. The predicted molar refractivity (Wildman–Crippen MR) is 288 cm³/mol. The van der Waals surface area contributed by atoms with E-state index in [1.54, 1.807) is 89.1 Å². The Morgan fingerprint density at radius 3 is 1.22 bits per heavy atom. The summed E-state index contributed by atoms with van der Waals surface area (Å²) in [5, 5.41) is 18.7. The first-order valence-electron chi connectivity index (χ1n) is 26.7. The van der Waals surface area contributed by atoms with E-state index >= 15 is 17.6 Å². The first-order chi connectivity index (χ1) is 37.5. The number of hydrogen-bond acceptors (Lipinski definition) is 8. The van der Waals surface area contributed by atoms with Gasteiger partial charge in [-0.05, 0) is 179 Å². The van der Waals surface area contributed by atoms with Gasteiger partial charge in [-0.2, -0.15) is 0 Å². The van der Waals surface area contributed by atoms with Crippen LogP contribution in [0.4, 0.5) is 17.6 Å². The van der Waals surface area contributed by atoms with Crippen molar-refractivity contribution in [2.75, 3.05) is 28.4 Å². The van der Waals surface area contributed by atoms with Crippen LogP contribution in [0.25, 0.3) is 22.3 Å². The molecule has 0 amide bonds. The highest BCUT2D eigenvalue weighted by Gasteiger charge is 2.48. The topological polar surface area (TPSA) is 130 Å². The molecule has 6 aromatic rings. The summed E-state index contributed by atoms with van der Waals surface area (Å²) >= 11 is 0. The van der Waals surface area contributed by atoms with Crippen LogP contribution in [0, 0.1) is 45.9 Å². The van der Waals surface area contributed by atoms with Gasteiger partial charge in [0.05, 0.1) is 39.3 Å². The maximum Gasteiger partial charge on any atom is 0.303 e. The minimum absolute atomic E-state index is 0.0548. The van der Waals surface area contributed by atoms with Crippen molar-refractivity contribution in [3.05, 3.63) is 166 Å². The molecule has 10 nitrogen and oxygen atoms in total. The molecule has 4 aliphatic carbocycles. The van der Waals surface area contributed by atoms with E-state index in [1.807, 2.05) is 36.4 Å². The van der Waals surface area contributed by atoms with E-state index in [9.17, 15) is 19.8 Å². The Balaban J connectivity index is 0.000000190. The number of aliphatic carboxylic acids is 2. The fourth-order valence-electron chi connectivity index (χ4n) is 11.1. The quantitative estimate of drug-likeness (QED) is 0.0565. The Hall–Kier alpha value is -6.90. The van der Waals surface area contributed by atoms with Crippen molar-refractivity contribution in [2.45, 2.75) is 115 Å². The predicted octanol–water partition coefficient (Wildman–Crippen LogP) is 15.4. The third-order valence-corrected chi connectivity index (χ3v) is 16.3. The summed E-state index contributed by atoms with van der Waals surface area (Å²) in [6.07, 6.45) is 6.92. The van der Waals surface area contributed by atoms with E-state index in [-0.39, 0.29) is 95.9 Å². The largest absolute Gasteiger partial charge is 0.497 e.